The Balaban J connectivity index is 1.84. The van der Waals surface area contributed by atoms with Gasteiger partial charge in [0.25, 0.3) is 5.91 Å². The molecule has 5 N–H and O–H groups in total. The van der Waals surface area contributed by atoms with Crippen LogP contribution >= 0.6 is 0 Å². The van der Waals surface area contributed by atoms with E-state index in [4.69, 9.17) is 5.73 Å². The van der Waals surface area contributed by atoms with Crippen LogP contribution in [-0.2, 0) is 34.8 Å². The third kappa shape index (κ3) is 11.5. The molecular weight excluding hydrogens is 646 g/mol. The van der Waals surface area contributed by atoms with E-state index in [0.29, 0.717) is 24.8 Å². The number of ketones is 1. The summed E-state index contributed by atoms with van der Waals surface area (Å²) in [6.07, 6.45) is 3.02. The summed E-state index contributed by atoms with van der Waals surface area (Å²) >= 11 is 0. The highest BCUT2D eigenvalue weighted by atomic mass is 32.2. The van der Waals surface area contributed by atoms with Crippen molar-refractivity contribution in [2.45, 2.75) is 117 Å². The lowest BCUT2D eigenvalue weighted by atomic mass is 9.84. The van der Waals surface area contributed by atoms with Crippen molar-refractivity contribution in [3.05, 3.63) is 35.9 Å². The summed E-state index contributed by atoms with van der Waals surface area (Å²) in [4.78, 5) is 67.9. The molecule has 0 bridgehead atoms. The van der Waals surface area contributed by atoms with Gasteiger partial charge in [0.1, 0.15) is 12.1 Å². The van der Waals surface area contributed by atoms with Gasteiger partial charge >= 0.3 is 6.03 Å². The van der Waals surface area contributed by atoms with E-state index in [-0.39, 0.29) is 41.7 Å². The molecule has 1 aromatic rings. The Morgan fingerprint density at radius 3 is 2.06 bits per heavy atom. The molecule has 13 heteroatoms. The number of benzene rings is 1. The highest BCUT2D eigenvalue weighted by Crippen LogP contribution is 2.36. The standard InChI is InChI=1S/C36H57N5O7S/c1-22(2)19-36(8,21-49(47,48)20-25-12-10-9-11-13-25)40-34(46)39-30(35(5,6)7)33(45)41-17-16-26(23(3)4)28(41)32(44)38-27(18-24-14-15-24)29(42)31(37)43/h9-13,22-24,26-28,30H,14-21H2,1-8H3,(H2,37,43)(H,38,44)(H2,39,40,46)/t26?,27?,28-,30+,36?/m0/s1. The fourth-order valence-electron chi connectivity index (χ4n) is 7.11. The van der Waals surface area contributed by atoms with Crippen LogP contribution in [0.25, 0.3) is 0 Å². The van der Waals surface area contributed by atoms with Crippen LogP contribution < -0.4 is 21.7 Å². The first-order chi connectivity index (χ1) is 22.6. The maximum absolute atomic E-state index is 14.4. The lowest BCUT2D eigenvalue weighted by Crippen LogP contribution is -2.63. The minimum atomic E-state index is -3.64. The lowest BCUT2D eigenvalue weighted by Gasteiger charge is -2.38. The molecule has 1 saturated heterocycles. The van der Waals surface area contributed by atoms with Gasteiger partial charge in [0.15, 0.2) is 9.84 Å². The van der Waals surface area contributed by atoms with Crippen LogP contribution in [0.15, 0.2) is 30.3 Å². The van der Waals surface area contributed by atoms with Gasteiger partial charge < -0.3 is 26.6 Å². The summed E-state index contributed by atoms with van der Waals surface area (Å²) in [6, 6.07) is 5.09. The normalized spacial score (nSPS) is 20.7. The predicted molar refractivity (Wildman–Crippen MR) is 189 cm³/mol. The van der Waals surface area contributed by atoms with Crippen molar-refractivity contribution in [2.75, 3.05) is 12.3 Å². The summed E-state index contributed by atoms with van der Waals surface area (Å²) in [5.41, 5.74) is 4.02. The number of primary amides is 1. The molecule has 274 valence electrons. The third-order valence-electron chi connectivity index (χ3n) is 9.42. The Hall–Kier alpha value is -3.48. The SMILES string of the molecule is CC(C)CC(C)(CS(=O)(=O)Cc1ccccc1)NC(=O)N[C@H](C(=O)N1CCC(C(C)C)[C@H]1C(=O)NC(CC1CC1)C(=O)C(N)=O)C(C)(C)C. The number of nitrogens with two attached hydrogens (primary N) is 1. The molecule has 2 aliphatic rings. The van der Waals surface area contributed by atoms with Crippen molar-refractivity contribution in [1.82, 2.24) is 20.9 Å². The summed E-state index contributed by atoms with van der Waals surface area (Å²) in [7, 11) is -3.64. The van der Waals surface area contributed by atoms with Gasteiger partial charge in [-0.1, -0.05) is 91.6 Å². The lowest BCUT2D eigenvalue weighted by molar-refractivity contribution is -0.144. The molecule has 5 atom stereocenters. The topological polar surface area (TPSA) is 185 Å². The van der Waals surface area contributed by atoms with Crippen molar-refractivity contribution in [3.8, 4) is 0 Å². The van der Waals surface area contributed by atoms with Gasteiger partial charge in [-0.2, -0.15) is 0 Å². The van der Waals surface area contributed by atoms with Gasteiger partial charge in [-0.3, -0.25) is 19.2 Å². The van der Waals surface area contributed by atoms with E-state index in [2.05, 4.69) is 16.0 Å². The molecule has 2 fully saturated rings. The monoisotopic (exact) mass is 703 g/mol. The summed E-state index contributed by atoms with van der Waals surface area (Å²) in [6.45, 7) is 15.2. The van der Waals surface area contributed by atoms with Gasteiger partial charge in [0.2, 0.25) is 17.6 Å². The maximum Gasteiger partial charge on any atom is 0.315 e. The number of nitrogens with zero attached hydrogens (tertiary/aromatic N) is 1. The second-order valence-electron chi connectivity index (χ2n) is 16.2. The van der Waals surface area contributed by atoms with E-state index in [0.717, 1.165) is 12.8 Å². The molecule has 0 aromatic heterocycles. The molecule has 3 rings (SSSR count). The van der Waals surface area contributed by atoms with E-state index in [1.54, 1.807) is 52.0 Å². The molecule has 1 saturated carbocycles. The number of sulfone groups is 1. The number of hydrogen-bond donors (Lipinski definition) is 4. The number of likely N-dealkylation sites (tertiary alicyclic amines) is 1. The molecule has 5 amide bonds. The molecule has 3 unspecified atom stereocenters. The molecule has 49 heavy (non-hydrogen) atoms. The Morgan fingerprint density at radius 1 is 0.939 bits per heavy atom. The number of Topliss-reactive ketones (excluding diaryl/α,β-unsaturated/α-hetero) is 1. The maximum atomic E-state index is 14.4. The van der Waals surface area contributed by atoms with Crippen molar-refractivity contribution in [3.63, 3.8) is 0 Å². The first-order valence-electron chi connectivity index (χ1n) is 17.4. The van der Waals surface area contributed by atoms with Crippen molar-refractivity contribution < 1.29 is 32.4 Å². The second-order valence-corrected chi connectivity index (χ2v) is 18.3. The zero-order valence-electron chi connectivity index (χ0n) is 30.4. The van der Waals surface area contributed by atoms with E-state index in [1.807, 2.05) is 33.8 Å². The first-order valence-corrected chi connectivity index (χ1v) is 19.2. The Labute approximate surface area is 292 Å². The van der Waals surface area contributed by atoms with Gasteiger partial charge in [0, 0.05) is 6.54 Å². The van der Waals surface area contributed by atoms with Crippen molar-refractivity contribution in [2.24, 2.45) is 34.8 Å². The summed E-state index contributed by atoms with van der Waals surface area (Å²) in [5, 5.41) is 8.46. The first kappa shape index (κ1) is 40.0. The fourth-order valence-corrected chi connectivity index (χ4v) is 9.08. The smallest absolute Gasteiger partial charge is 0.315 e. The average molecular weight is 704 g/mol. The second kappa shape index (κ2) is 16.0. The number of carbonyl (C=O) groups is 5. The van der Waals surface area contributed by atoms with E-state index in [9.17, 15) is 32.4 Å². The average Bonchev–Trinajstić information content (AvgIpc) is 3.66. The third-order valence-corrected chi connectivity index (χ3v) is 11.3. The van der Waals surface area contributed by atoms with Crippen LogP contribution in [0.3, 0.4) is 0 Å². The van der Waals surface area contributed by atoms with Crippen LogP contribution in [0.5, 0.6) is 0 Å². The molecular formula is C36H57N5O7S. The van der Waals surface area contributed by atoms with E-state index >= 15 is 0 Å². The van der Waals surface area contributed by atoms with Crippen LogP contribution in [0.1, 0.15) is 93.1 Å². The highest BCUT2D eigenvalue weighted by Gasteiger charge is 2.48. The number of nitrogens with one attached hydrogen (secondary N) is 3. The Bertz CT molecular complexity index is 1470. The molecule has 1 aliphatic heterocycles. The molecule has 12 nitrogen and oxygen atoms in total. The summed E-state index contributed by atoms with van der Waals surface area (Å²) < 4.78 is 26.7. The van der Waals surface area contributed by atoms with Gasteiger partial charge in [-0.25, -0.2) is 13.2 Å². The van der Waals surface area contributed by atoms with Gasteiger partial charge in [-0.15, -0.1) is 0 Å². The van der Waals surface area contributed by atoms with Gasteiger partial charge in [-0.05, 0) is 60.8 Å². The zero-order chi connectivity index (χ0) is 36.9. The number of hydrogen-bond acceptors (Lipinski definition) is 7. The fraction of sp³-hybridized carbons (Fsp3) is 0.694. The van der Waals surface area contributed by atoms with Gasteiger partial charge in [0.05, 0.1) is 23.1 Å². The number of rotatable bonds is 16. The van der Waals surface area contributed by atoms with Crippen molar-refractivity contribution >= 4 is 39.4 Å². The number of urea groups is 1. The van der Waals surface area contributed by atoms with Crippen molar-refractivity contribution in [1.29, 1.82) is 0 Å². The quantitative estimate of drug-likeness (QED) is 0.190. The largest absolute Gasteiger partial charge is 0.363 e. The summed E-state index contributed by atoms with van der Waals surface area (Å²) in [5.74, 6) is -3.39. The number of carbonyl (C=O) groups excluding carboxylic acids is 5. The zero-order valence-corrected chi connectivity index (χ0v) is 31.2. The van der Waals surface area contributed by atoms with E-state index < -0.39 is 68.5 Å². The Morgan fingerprint density at radius 2 is 1.55 bits per heavy atom. The minimum Gasteiger partial charge on any atom is -0.363 e. The highest BCUT2D eigenvalue weighted by molar-refractivity contribution is 7.90. The number of amides is 5. The molecule has 1 aliphatic carbocycles. The van der Waals surface area contributed by atoms with Crippen LogP contribution in [0.4, 0.5) is 4.79 Å². The predicted octanol–water partition coefficient (Wildman–Crippen LogP) is 3.33. The Kier molecular flexibility index (Phi) is 13.1. The molecule has 1 heterocycles. The molecule has 0 spiro atoms. The van der Waals surface area contributed by atoms with Crippen LogP contribution in [-0.4, -0.2) is 78.8 Å². The minimum absolute atomic E-state index is 0.0150. The van der Waals surface area contributed by atoms with E-state index in [1.165, 1.54) is 4.90 Å². The molecule has 1 aromatic carbocycles. The molecule has 0 radical (unpaired) electrons. The van der Waals surface area contributed by atoms with Crippen LogP contribution in [0, 0.1) is 29.1 Å². The van der Waals surface area contributed by atoms with Crippen LogP contribution in [0.2, 0.25) is 0 Å².